The van der Waals surface area contributed by atoms with Crippen molar-refractivity contribution >= 4 is 35.7 Å². The Bertz CT molecular complexity index is 519. The predicted molar refractivity (Wildman–Crippen MR) is 90.6 cm³/mol. The highest BCUT2D eigenvalue weighted by atomic mass is 35.5. The van der Waals surface area contributed by atoms with Crippen molar-refractivity contribution in [2.45, 2.75) is 32.2 Å². The van der Waals surface area contributed by atoms with E-state index in [2.05, 4.69) is 0 Å². The van der Waals surface area contributed by atoms with Gasteiger partial charge in [-0.3, -0.25) is 9.59 Å². The molecular weight excluding hydrogens is 323 g/mol. The summed E-state index contributed by atoms with van der Waals surface area (Å²) in [6.45, 7) is 3.36. The molecule has 0 bridgehead atoms. The average Bonchev–Trinajstić information content (AvgIpc) is 2.86. The number of ketones is 1. The fraction of sp³-hybridized carbons (Fsp3) is 0.500. The highest BCUT2D eigenvalue weighted by molar-refractivity contribution is 6.30. The summed E-state index contributed by atoms with van der Waals surface area (Å²) in [5, 5.41) is 0.598. The van der Waals surface area contributed by atoms with Gasteiger partial charge in [0, 0.05) is 36.0 Å². The third-order valence-corrected chi connectivity index (χ3v) is 4.30. The standard InChI is InChI=1S/C16H21ClN2O2.ClH/c1-11-8-12(9-18)10-19(11)16(21)7-6-15(20)13-2-4-14(17)5-3-13;/h2-5,11-12H,6-10,18H2,1H3;1H. The number of rotatable bonds is 5. The smallest absolute Gasteiger partial charge is 0.223 e. The molecule has 1 aromatic carbocycles. The SMILES string of the molecule is CC1CC(CN)CN1C(=O)CCC(=O)c1ccc(Cl)cc1.Cl. The van der Waals surface area contributed by atoms with Crippen molar-refractivity contribution in [1.29, 1.82) is 0 Å². The number of Topliss-reactive ketones (excluding diaryl/α,β-unsaturated/α-hetero) is 1. The first-order valence-corrected chi connectivity index (χ1v) is 7.67. The molecule has 2 N–H and O–H groups in total. The normalized spacial score (nSPS) is 20.6. The van der Waals surface area contributed by atoms with E-state index in [4.69, 9.17) is 17.3 Å². The number of amides is 1. The fourth-order valence-electron chi connectivity index (χ4n) is 2.80. The summed E-state index contributed by atoms with van der Waals surface area (Å²) in [5.41, 5.74) is 6.26. The second-order valence-electron chi connectivity index (χ2n) is 5.66. The van der Waals surface area contributed by atoms with Gasteiger partial charge in [-0.2, -0.15) is 0 Å². The Hall–Kier alpha value is -1.10. The molecule has 122 valence electrons. The molecule has 1 heterocycles. The molecule has 0 aromatic heterocycles. The van der Waals surface area contributed by atoms with E-state index in [1.54, 1.807) is 24.3 Å². The van der Waals surface area contributed by atoms with Gasteiger partial charge in [0.1, 0.15) is 0 Å². The van der Waals surface area contributed by atoms with Crippen molar-refractivity contribution in [3.8, 4) is 0 Å². The van der Waals surface area contributed by atoms with Crippen LogP contribution in [0.4, 0.5) is 0 Å². The van der Waals surface area contributed by atoms with Crippen molar-refractivity contribution < 1.29 is 9.59 Å². The molecule has 1 fully saturated rings. The summed E-state index contributed by atoms with van der Waals surface area (Å²) in [4.78, 5) is 26.1. The third kappa shape index (κ3) is 4.70. The van der Waals surface area contributed by atoms with Gasteiger partial charge in [0.25, 0.3) is 0 Å². The molecule has 1 aliphatic heterocycles. The predicted octanol–water partition coefficient (Wildman–Crippen LogP) is 2.92. The number of halogens is 2. The minimum Gasteiger partial charge on any atom is -0.340 e. The average molecular weight is 345 g/mol. The largest absolute Gasteiger partial charge is 0.340 e. The van der Waals surface area contributed by atoms with Gasteiger partial charge in [0.15, 0.2) is 5.78 Å². The molecule has 0 saturated carbocycles. The fourth-order valence-corrected chi connectivity index (χ4v) is 2.93. The Morgan fingerprint density at radius 1 is 1.27 bits per heavy atom. The molecule has 22 heavy (non-hydrogen) atoms. The summed E-state index contributed by atoms with van der Waals surface area (Å²) in [6.07, 6.45) is 1.44. The lowest BCUT2D eigenvalue weighted by Crippen LogP contribution is -2.34. The number of hydrogen-bond donors (Lipinski definition) is 1. The van der Waals surface area contributed by atoms with Crippen LogP contribution in [0.3, 0.4) is 0 Å². The van der Waals surface area contributed by atoms with E-state index in [0.29, 0.717) is 29.6 Å². The van der Waals surface area contributed by atoms with Crippen LogP contribution in [0.25, 0.3) is 0 Å². The third-order valence-electron chi connectivity index (χ3n) is 4.05. The summed E-state index contributed by atoms with van der Waals surface area (Å²) in [6, 6.07) is 6.98. The molecule has 2 rings (SSSR count). The number of hydrogen-bond acceptors (Lipinski definition) is 3. The van der Waals surface area contributed by atoms with Crippen LogP contribution in [0.1, 0.15) is 36.5 Å². The van der Waals surface area contributed by atoms with Crippen molar-refractivity contribution in [1.82, 2.24) is 4.90 Å². The Balaban J connectivity index is 0.00000242. The van der Waals surface area contributed by atoms with Gasteiger partial charge in [-0.25, -0.2) is 0 Å². The maximum atomic E-state index is 12.2. The van der Waals surface area contributed by atoms with Gasteiger partial charge >= 0.3 is 0 Å². The van der Waals surface area contributed by atoms with Crippen LogP contribution >= 0.6 is 24.0 Å². The monoisotopic (exact) mass is 344 g/mol. The van der Waals surface area contributed by atoms with Gasteiger partial charge in [0.2, 0.25) is 5.91 Å². The molecule has 1 aromatic rings. The molecule has 0 aliphatic carbocycles. The lowest BCUT2D eigenvalue weighted by Gasteiger charge is -2.21. The highest BCUT2D eigenvalue weighted by Crippen LogP contribution is 2.23. The van der Waals surface area contributed by atoms with E-state index in [9.17, 15) is 9.59 Å². The van der Waals surface area contributed by atoms with E-state index < -0.39 is 0 Å². The van der Waals surface area contributed by atoms with Crippen molar-refractivity contribution in [2.75, 3.05) is 13.1 Å². The van der Waals surface area contributed by atoms with Crippen molar-refractivity contribution in [3.05, 3.63) is 34.9 Å². The molecule has 6 heteroatoms. The second-order valence-corrected chi connectivity index (χ2v) is 6.10. The Kier molecular flexibility index (Phi) is 7.33. The van der Waals surface area contributed by atoms with Crippen LogP contribution in [0.15, 0.2) is 24.3 Å². The van der Waals surface area contributed by atoms with Crippen LogP contribution in [-0.4, -0.2) is 35.7 Å². The summed E-state index contributed by atoms with van der Waals surface area (Å²) in [7, 11) is 0. The number of nitrogens with zero attached hydrogens (tertiary/aromatic N) is 1. The Morgan fingerprint density at radius 2 is 1.91 bits per heavy atom. The summed E-state index contributed by atoms with van der Waals surface area (Å²) >= 11 is 5.79. The van der Waals surface area contributed by atoms with Crippen LogP contribution < -0.4 is 5.73 Å². The first kappa shape index (κ1) is 18.9. The zero-order valence-corrected chi connectivity index (χ0v) is 14.2. The van der Waals surface area contributed by atoms with Crippen molar-refractivity contribution in [3.63, 3.8) is 0 Å². The Labute approximate surface area is 142 Å². The molecule has 0 radical (unpaired) electrons. The lowest BCUT2D eigenvalue weighted by molar-refractivity contribution is -0.131. The first-order valence-electron chi connectivity index (χ1n) is 7.29. The number of benzene rings is 1. The number of carbonyl (C=O) groups is 2. The van der Waals surface area contributed by atoms with E-state index >= 15 is 0 Å². The topological polar surface area (TPSA) is 63.4 Å². The molecule has 0 spiro atoms. The maximum absolute atomic E-state index is 12.2. The molecule has 1 amide bonds. The molecular formula is C16H22Cl2N2O2. The lowest BCUT2D eigenvalue weighted by atomic mass is 10.1. The summed E-state index contributed by atoms with van der Waals surface area (Å²) < 4.78 is 0. The van der Waals surface area contributed by atoms with Gasteiger partial charge in [-0.1, -0.05) is 11.6 Å². The zero-order chi connectivity index (χ0) is 15.4. The minimum absolute atomic E-state index is 0. The molecule has 1 saturated heterocycles. The maximum Gasteiger partial charge on any atom is 0.223 e. The highest BCUT2D eigenvalue weighted by Gasteiger charge is 2.31. The minimum atomic E-state index is -0.0257. The zero-order valence-electron chi connectivity index (χ0n) is 12.6. The molecule has 1 aliphatic rings. The van der Waals surface area contributed by atoms with Gasteiger partial charge in [-0.05, 0) is 50.1 Å². The van der Waals surface area contributed by atoms with Crippen LogP contribution in [-0.2, 0) is 4.79 Å². The first-order chi connectivity index (χ1) is 10.0. The molecule has 4 nitrogen and oxygen atoms in total. The van der Waals surface area contributed by atoms with Crippen LogP contribution in [0.5, 0.6) is 0 Å². The Morgan fingerprint density at radius 3 is 2.45 bits per heavy atom. The second kappa shape index (κ2) is 8.51. The van der Waals surface area contributed by atoms with Crippen LogP contribution in [0, 0.1) is 5.92 Å². The number of likely N-dealkylation sites (tertiary alicyclic amines) is 1. The quantitative estimate of drug-likeness (QED) is 0.835. The van der Waals surface area contributed by atoms with Crippen molar-refractivity contribution in [2.24, 2.45) is 11.7 Å². The van der Waals surface area contributed by atoms with Gasteiger partial charge in [-0.15, -0.1) is 12.4 Å². The van der Waals surface area contributed by atoms with E-state index in [1.807, 2.05) is 11.8 Å². The summed E-state index contributed by atoms with van der Waals surface area (Å²) in [5.74, 6) is 0.402. The van der Waals surface area contributed by atoms with Crippen LogP contribution in [0.2, 0.25) is 5.02 Å². The van der Waals surface area contributed by atoms with Gasteiger partial charge < -0.3 is 10.6 Å². The van der Waals surface area contributed by atoms with E-state index in [-0.39, 0.29) is 43.0 Å². The molecule has 2 unspecified atom stereocenters. The van der Waals surface area contributed by atoms with E-state index in [1.165, 1.54) is 0 Å². The van der Waals surface area contributed by atoms with Gasteiger partial charge in [0.05, 0.1) is 0 Å². The van der Waals surface area contributed by atoms with E-state index in [0.717, 1.165) is 6.42 Å². The number of nitrogens with two attached hydrogens (primary N) is 1. The molecule has 2 atom stereocenters. The number of carbonyl (C=O) groups excluding carboxylic acids is 2.